The second-order valence-corrected chi connectivity index (χ2v) is 3.46. The van der Waals surface area contributed by atoms with Crippen LogP contribution in [-0.2, 0) is 4.74 Å². The summed E-state index contributed by atoms with van der Waals surface area (Å²) in [5, 5.41) is 9.66. The lowest BCUT2D eigenvalue weighted by molar-refractivity contribution is -0.0276. The largest absolute Gasteiger partial charge is 0.389 e. The Labute approximate surface area is 79.6 Å². The van der Waals surface area contributed by atoms with Crippen molar-refractivity contribution in [2.45, 2.75) is 31.0 Å². The van der Waals surface area contributed by atoms with E-state index in [-0.39, 0.29) is 5.92 Å². The summed E-state index contributed by atoms with van der Waals surface area (Å²) in [6.07, 6.45) is 9.16. The molecule has 0 radical (unpaired) electrons. The van der Waals surface area contributed by atoms with Crippen molar-refractivity contribution in [1.82, 2.24) is 0 Å². The van der Waals surface area contributed by atoms with Crippen molar-refractivity contribution < 1.29 is 9.84 Å². The molecule has 0 heterocycles. The molecular weight excluding hydrogens is 164 g/mol. The smallest absolute Gasteiger partial charge is 0.133 e. The van der Waals surface area contributed by atoms with Crippen LogP contribution in [0.15, 0.2) is 12.7 Å². The summed E-state index contributed by atoms with van der Waals surface area (Å²) in [6.45, 7) is 3.57. The van der Waals surface area contributed by atoms with E-state index in [2.05, 4.69) is 12.5 Å². The van der Waals surface area contributed by atoms with Crippen molar-refractivity contribution in [3.8, 4) is 12.3 Å². The summed E-state index contributed by atoms with van der Waals surface area (Å²) in [5.41, 5.74) is -0.576. The third kappa shape index (κ3) is 1.63. The average Bonchev–Trinajstić information content (AvgIpc) is 2.60. The fourth-order valence-electron chi connectivity index (χ4n) is 2.11. The molecule has 0 amide bonds. The standard InChI is InChI=1S/C11H16O2/c1-4-10(12)9-7-6-8-11(9,5-2)13-3/h2,4,9-10,12H,1,6-8H2,3H3. The van der Waals surface area contributed by atoms with Gasteiger partial charge in [-0.25, -0.2) is 0 Å². The van der Waals surface area contributed by atoms with Gasteiger partial charge < -0.3 is 9.84 Å². The minimum absolute atomic E-state index is 0.000000000000000444. The highest BCUT2D eigenvalue weighted by atomic mass is 16.5. The highest BCUT2D eigenvalue weighted by molar-refractivity contribution is 5.17. The van der Waals surface area contributed by atoms with E-state index in [1.54, 1.807) is 7.11 Å². The van der Waals surface area contributed by atoms with Gasteiger partial charge in [-0.1, -0.05) is 12.0 Å². The normalized spacial score (nSPS) is 35.3. The Morgan fingerprint density at radius 2 is 2.54 bits per heavy atom. The summed E-state index contributed by atoms with van der Waals surface area (Å²) in [4.78, 5) is 0. The number of terminal acetylenes is 1. The van der Waals surface area contributed by atoms with E-state index in [0.29, 0.717) is 0 Å². The first-order valence-electron chi connectivity index (χ1n) is 4.53. The molecule has 0 bridgehead atoms. The SMILES string of the molecule is C#CC1(OC)CCCC1C(O)C=C. The maximum absolute atomic E-state index is 9.66. The molecule has 0 aromatic heterocycles. The molecule has 0 aromatic rings. The van der Waals surface area contributed by atoms with Crippen LogP contribution >= 0.6 is 0 Å². The first kappa shape index (κ1) is 10.3. The van der Waals surface area contributed by atoms with Gasteiger partial charge in [0, 0.05) is 13.0 Å². The fraction of sp³-hybridized carbons (Fsp3) is 0.636. The number of aliphatic hydroxyl groups is 1. The van der Waals surface area contributed by atoms with Gasteiger partial charge in [-0.05, 0) is 19.3 Å². The number of methoxy groups -OCH3 is 1. The van der Waals surface area contributed by atoms with Gasteiger partial charge in [-0.2, -0.15) is 0 Å². The van der Waals surface area contributed by atoms with Gasteiger partial charge in [-0.3, -0.25) is 0 Å². The van der Waals surface area contributed by atoms with E-state index in [4.69, 9.17) is 11.2 Å². The first-order valence-corrected chi connectivity index (χ1v) is 4.53. The zero-order valence-electron chi connectivity index (χ0n) is 7.99. The highest BCUT2D eigenvalue weighted by Crippen LogP contribution is 2.40. The Kier molecular flexibility index (Phi) is 3.13. The molecule has 1 aliphatic rings. The zero-order valence-corrected chi connectivity index (χ0v) is 7.99. The molecule has 1 fully saturated rings. The van der Waals surface area contributed by atoms with Crippen LogP contribution in [0, 0.1) is 18.3 Å². The number of ether oxygens (including phenoxy) is 1. The minimum atomic E-state index is -0.576. The second-order valence-electron chi connectivity index (χ2n) is 3.46. The monoisotopic (exact) mass is 180 g/mol. The van der Waals surface area contributed by atoms with Gasteiger partial charge in [0.15, 0.2) is 0 Å². The van der Waals surface area contributed by atoms with Crippen molar-refractivity contribution in [1.29, 1.82) is 0 Å². The Bertz CT molecular complexity index is 229. The molecule has 1 aliphatic carbocycles. The Hall–Kier alpha value is -0.780. The second kappa shape index (κ2) is 3.95. The molecule has 13 heavy (non-hydrogen) atoms. The van der Waals surface area contributed by atoms with E-state index in [9.17, 15) is 5.11 Å². The summed E-state index contributed by atoms with van der Waals surface area (Å²) >= 11 is 0. The number of aliphatic hydroxyl groups excluding tert-OH is 1. The Morgan fingerprint density at radius 1 is 1.85 bits per heavy atom. The number of rotatable bonds is 3. The Morgan fingerprint density at radius 3 is 3.00 bits per heavy atom. The van der Waals surface area contributed by atoms with E-state index >= 15 is 0 Å². The summed E-state index contributed by atoms with van der Waals surface area (Å²) in [6, 6.07) is 0. The molecule has 3 unspecified atom stereocenters. The van der Waals surface area contributed by atoms with Crippen LogP contribution in [0.4, 0.5) is 0 Å². The molecule has 1 N–H and O–H groups in total. The van der Waals surface area contributed by atoms with E-state index in [1.165, 1.54) is 6.08 Å². The van der Waals surface area contributed by atoms with Crippen molar-refractivity contribution in [2.75, 3.05) is 7.11 Å². The van der Waals surface area contributed by atoms with Crippen molar-refractivity contribution in [3.05, 3.63) is 12.7 Å². The number of hydrogen-bond donors (Lipinski definition) is 1. The average molecular weight is 180 g/mol. The van der Waals surface area contributed by atoms with Gasteiger partial charge in [0.25, 0.3) is 0 Å². The molecule has 0 saturated heterocycles. The lowest BCUT2D eigenvalue weighted by Crippen LogP contribution is -2.39. The molecule has 2 nitrogen and oxygen atoms in total. The third-order valence-corrected chi connectivity index (χ3v) is 2.92. The van der Waals surface area contributed by atoms with Gasteiger partial charge in [0.1, 0.15) is 5.60 Å². The molecule has 1 rings (SSSR count). The molecule has 2 heteroatoms. The molecule has 72 valence electrons. The lowest BCUT2D eigenvalue weighted by Gasteiger charge is -2.30. The van der Waals surface area contributed by atoms with Crippen LogP contribution in [0.25, 0.3) is 0 Å². The van der Waals surface area contributed by atoms with E-state index < -0.39 is 11.7 Å². The van der Waals surface area contributed by atoms with Gasteiger partial charge in [0.05, 0.1) is 6.10 Å². The Balaban J connectivity index is 2.85. The first-order chi connectivity index (χ1) is 6.20. The predicted octanol–water partition coefficient (Wildman–Crippen LogP) is 1.35. The maximum atomic E-state index is 9.66. The van der Waals surface area contributed by atoms with Crippen molar-refractivity contribution >= 4 is 0 Å². The van der Waals surface area contributed by atoms with Crippen molar-refractivity contribution in [3.63, 3.8) is 0 Å². The topological polar surface area (TPSA) is 29.5 Å². The number of hydrogen-bond acceptors (Lipinski definition) is 2. The highest BCUT2D eigenvalue weighted by Gasteiger charge is 2.44. The minimum Gasteiger partial charge on any atom is -0.389 e. The molecule has 3 atom stereocenters. The van der Waals surface area contributed by atoms with Crippen LogP contribution in [0.3, 0.4) is 0 Å². The van der Waals surface area contributed by atoms with Crippen LogP contribution < -0.4 is 0 Å². The van der Waals surface area contributed by atoms with Crippen LogP contribution in [0.1, 0.15) is 19.3 Å². The van der Waals surface area contributed by atoms with Crippen LogP contribution in [0.2, 0.25) is 0 Å². The van der Waals surface area contributed by atoms with Gasteiger partial charge in [0.2, 0.25) is 0 Å². The van der Waals surface area contributed by atoms with E-state index in [0.717, 1.165) is 19.3 Å². The lowest BCUT2D eigenvalue weighted by atomic mass is 9.87. The fourth-order valence-corrected chi connectivity index (χ4v) is 2.11. The van der Waals surface area contributed by atoms with Crippen LogP contribution in [-0.4, -0.2) is 23.9 Å². The summed E-state index contributed by atoms with van der Waals surface area (Å²) < 4.78 is 5.34. The zero-order chi connectivity index (χ0) is 9.90. The molecule has 0 aliphatic heterocycles. The molecule has 0 aromatic carbocycles. The van der Waals surface area contributed by atoms with Crippen molar-refractivity contribution in [2.24, 2.45) is 5.92 Å². The van der Waals surface area contributed by atoms with E-state index in [1.807, 2.05) is 0 Å². The van der Waals surface area contributed by atoms with Gasteiger partial charge in [-0.15, -0.1) is 13.0 Å². The summed E-state index contributed by atoms with van der Waals surface area (Å²) in [5.74, 6) is 2.66. The summed E-state index contributed by atoms with van der Waals surface area (Å²) in [7, 11) is 1.61. The maximum Gasteiger partial charge on any atom is 0.133 e. The third-order valence-electron chi connectivity index (χ3n) is 2.92. The quantitative estimate of drug-likeness (QED) is 0.525. The van der Waals surface area contributed by atoms with Crippen LogP contribution in [0.5, 0.6) is 0 Å². The molecular formula is C11H16O2. The predicted molar refractivity (Wildman–Crippen MR) is 52.1 cm³/mol. The molecule has 1 saturated carbocycles. The van der Waals surface area contributed by atoms with Gasteiger partial charge >= 0.3 is 0 Å². The molecule has 0 spiro atoms.